The summed E-state index contributed by atoms with van der Waals surface area (Å²) in [6.45, 7) is 1.85. The summed E-state index contributed by atoms with van der Waals surface area (Å²) in [6, 6.07) is 3.45. The van der Waals surface area contributed by atoms with Crippen molar-refractivity contribution < 1.29 is 4.21 Å². The summed E-state index contributed by atoms with van der Waals surface area (Å²) in [5, 5.41) is 1.14. The maximum Gasteiger partial charge on any atom is 0.0589 e. The van der Waals surface area contributed by atoms with Crippen molar-refractivity contribution in [3.63, 3.8) is 0 Å². The van der Waals surface area contributed by atoms with Gasteiger partial charge < -0.3 is 0 Å². The van der Waals surface area contributed by atoms with Crippen molar-refractivity contribution in [2.24, 2.45) is 0 Å². The van der Waals surface area contributed by atoms with E-state index in [-0.39, 0.29) is 0 Å². The van der Waals surface area contributed by atoms with Crippen LogP contribution in [0.2, 0.25) is 10.0 Å². The van der Waals surface area contributed by atoms with Gasteiger partial charge in [0.05, 0.1) is 25.7 Å². The standard InChI is InChI=1S/C9H10Cl2OS2/c1-3-14(12)9-5-6(10)8(13-2)4-7(9)11/h4-5H,3H2,1-2H3. The van der Waals surface area contributed by atoms with Crippen molar-refractivity contribution in [2.45, 2.75) is 16.7 Å². The molecule has 0 aliphatic carbocycles. The molecule has 0 saturated heterocycles. The lowest BCUT2D eigenvalue weighted by Gasteiger charge is -2.06. The van der Waals surface area contributed by atoms with Crippen molar-refractivity contribution in [1.82, 2.24) is 0 Å². The Morgan fingerprint density at radius 1 is 1.36 bits per heavy atom. The predicted octanol–water partition coefficient (Wildman–Crippen LogP) is 3.84. The first-order valence-electron chi connectivity index (χ1n) is 4.01. The first-order valence-corrected chi connectivity index (χ1v) is 7.31. The van der Waals surface area contributed by atoms with Crippen LogP contribution in [0.3, 0.4) is 0 Å². The van der Waals surface area contributed by atoms with E-state index >= 15 is 0 Å². The Bertz CT molecular complexity index is 366. The highest BCUT2D eigenvalue weighted by Crippen LogP contribution is 2.32. The summed E-state index contributed by atoms with van der Waals surface area (Å²) in [4.78, 5) is 1.53. The molecule has 1 atom stereocenters. The Morgan fingerprint density at radius 3 is 2.50 bits per heavy atom. The first-order chi connectivity index (χ1) is 6.60. The monoisotopic (exact) mass is 268 g/mol. The molecule has 14 heavy (non-hydrogen) atoms. The number of halogens is 2. The molecule has 5 heteroatoms. The van der Waals surface area contributed by atoms with Gasteiger partial charge in [-0.25, -0.2) is 0 Å². The van der Waals surface area contributed by atoms with Gasteiger partial charge in [-0.3, -0.25) is 4.21 Å². The van der Waals surface area contributed by atoms with E-state index in [4.69, 9.17) is 23.2 Å². The minimum absolute atomic E-state index is 0.527. The van der Waals surface area contributed by atoms with Crippen LogP contribution in [0.25, 0.3) is 0 Å². The average Bonchev–Trinajstić information content (AvgIpc) is 2.19. The van der Waals surface area contributed by atoms with Crippen molar-refractivity contribution in [3.05, 3.63) is 22.2 Å². The SMILES string of the molecule is CCS(=O)c1cc(Cl)c(SC)cc1Cl. The maximum atomic E-state index is 11.5. The van der Waals surface area contributed by atoms with Gasteiger partial charge in [0.25, 0.3) is 0 Å². The van der Waals surface area contributed by atoms with Gasteiger partial charge in [-0.1, -0.05) is 30.1 Å². The van der Waals surface area contributed by atoms with Crippen LogP contribution in [0.4, 0.5) is 0 Å². The minimum Gasteiger partial charge on any atom is -0.254 e. The number of hydrogen-bond acceptors (Lipinski definition) is 2. The molecule has 0 saturated carbocycles. The zero-order chi connectivity index (χ0) is 10.7. The molecule has 0 heterocycles. The number of thioether (sulfide) groups is 1. The zero-order valence-electron chi connectivity index (χ0n) is 7.84. The van der Waals surface area contributed by atoms with E-state index in [0.717, 1.165) is 4.90 Å². The second-order valence-corrected chi connectivity index (χ2v) is 5.92. The Balaban J connectivity index is 3.21. The molecule has 1 rings (SSSR count). The third-order valence-electron chi connectivity index (χ3n) is 1.71. The van der Waals surface area contributed by atoms with Gasteiger partial charge in [0.2, 0.25) is 0 Å². The van der Waals surface area contributed by atoms with E-state index in [1.165, 1.54) is 11.8 Å². The predicted molar refractivity (Wildman–Crippen MR) is 65.2 cm³/mol. The molecule has 78 valence electrons. The van der Waals surface area contributed by atoms with Gasteiger partial charge in [0.1, 0.15) is 0 Å². The number of rotatable bonds is 3. The highest BCUT2D eigenvalue weighted by Gasteiger charge is 2.10. The topological polar surface area (TPSA) is 17.1 Å². The zero-order valence-corrected chi connectivity index (χ0v) is 11.0. The van der Waals surface area contributed by atoms with Crippen LogP contribution in [-0.2, 0) is 10.8 Å². The van der Waals surface area contributed by atoms with Gasteiger partial charge in [-0.05, 0) is 18.4 Å². The van der Waals surface area contributed by atoms with Crippen LogP contribution in [0.15, 0.2) is 21.9 Å². The summed E-state index contributed by atoms with van der Waals surface area (Å²) < 4.78 is 11.5. The third kappa shape index (κ3) is 2.66. The molecule has 0 aliphatic rings. The van der Waals surface area contributed by atoms with Crippen molar-refractivity contribution in [1.29, 1.82) is 0 Å². The van der Waals surface area contributed by atoms with Gasteiger partial charge in [-0.2, -0.15) is 0 Å². The average molecular weight is 269 g/mol. The Labute approximate surface area is 101 Å². The Hall–Kier alpha value is 0.300. The molecule has 0 aliphatic heterocycles. The van der Waals surface area contributed by atoms with Gasteiger partial charge in [-0.15, -0.1) is 11.8 Å². The molecular formula is C9H10Cl2OS2. The maximum absolute atomic E-state index is 11.5. The van der Waals surface area contributed by atoms with Crippen LogP contribution in [0, 0.1) is 0 Å². The van der Waals surface area contributed by atoms with E-state index in [9.17, 15) is 4.21 Å². The Morgan fingerprint density at radius 2 is 2.00 bits per heavy atom. The third-order valence-corrected chi connectivity index (χ3v) is 4.69. The van der Waals surface area contributed by atoms with E-state index in [2.05, 4.69) is 0 Å². The van der Waals surface area contributed by atoms with Crippen LogP contribution >= 0.6 is 35.0 Å². The first kappa shape index (κ1) is 12.4. The number of hydrogen-bond donors (Lipinski definition) is 0. The minimum atomic E-state index is -1.05. The van der Waals surface area contributed by atoms with Crippen LogP contribution in [0.1, 0.15) is 6.92 Å². The molecule has 0 spiro atoms. The van der Waals surface area contributed by atoms with E-state index in [1.54, 1.807) is 12.1 Å². The van der Waals surface area contributed by atoms with Crippen LogP contribution < -0.4 is 0 Å². The number of benzene rings is 1. The summed E-state index contributed by atoms with van der Waals surface area (Å²) in [6.07, 6.45) is 1.92. The molecule has 0 fully saturated rings. The fourth-order valence-electron chi connectivity index (χ4n) is 0.997. The van der Waals surface area contributed by atoms with Gasteiger partial charge in [0.15, 0.2) is 0 Å². The normalized spacial score (nSPS) is 12.9. The summed E-state index contributed by atoms with van der Waals surface area (Å²) in [5.41, 5.74) is 0. The fraction of sp³-hybridized carbons (Fsp3) is 0.333. The smallest absolute Gasteiger partial charge is 0.0589 e. The second kappa shape index (κ2) is 5.40. The quantitative estimate of drug-likeness (QED) is 0.775. The Kier molecular flexibility index (Phi) is 4.77. The summed E-state index contributed by atoms with van der Waals surface area (Å²) >= 11 is 13.5. The fourth-order valence-corrected chi connectivity index (χ4v) is 3.27. The lowest BCUT2D eigenvalue weighted by Crippen LogP contribution is -1.95. The summed E-state index contributed by atoms with van der Waals surface area (Å²) in [7, 11) is -1.05. The lowest BCUT2D eigenvalue weighted by atomic mass is 10.3. The molecule has 1 aromatic rings. The molecule has 1 aromatic carbocycles. The van der Waals surface area contributed by atoms with Crippen LogP contribution in [0.5, 0.6) is 0 Å². The highest BCUT2D eigenvalue weighted by atomic mass is 35.5. The van der Waals surface area contributed by atoms with E-state index in [0.29, 0.717) is 20.7 Å². The van der Waals surface area contributed by atoms with Crippen molar-refractivity contribution in [2.75, 3.05) is 12.0 Å². The molecule has 1 unspecified atom stereocenters. The highest BCUT2D eigenvalue weighted by molar-refractivity contribution is 7.98. The van der Waals surface area contributed by atoms with Gasteiger partial charge in [0, 0.05) is 10.6 Å². The molecule has 0 bridgehead atoms. The molecule has 0 N–H and O–H groups in total. The van der Waals surface area contributed by atoms with Crippen LogP contribution in [-0.4, -0.2) is 16.2 Å². The summed E-state index contributed by atoms with van der Waals surface area (Å²) in [5.74, 6) is 0.550. The van der Waals surface area contributed by atoms with Crippen molar-refractivity contribution >= 4 is 45.8 Å². The van der Waals surface area contributed by atoms with E-state index < -0.39 is 10.8 Å². The second-order valence-electron chi connectivity index (χ2n) is 2.55. The molecule has 1 nitrogen and oxygen atoms in total. The molecule has 0 radical (unpaired) electrons. The molecule has 0 aromatic heterocycles. The molecular weight excluding hydrogens is 259 g/mol. The van der Waals surface area contributed by atoms with Gasteiger partial charge >= 0.3 is 0 Å². The largest absolute Gasteiger partial charge is 0.254 e. The van der Waals surface area contributed by atoms with E-state index in [1.807, 2.05) is 13.2 Å². The molecule has 0 amide bonds. The van der Waals surface area contributed by atoms with Crippen molar-refractivity contribution in [3.8, 4) is 0 Å². The lowest BCUT2D eigenvalue weighted by molar-refractivity contribution is 0.684.